The van der Waals surface area contributed by atoms with Gasteiger partial charge in [-0.2, -0.15) is 0 Å². The number of aliphatic carboxylic acids is 1. The number of amides is 2. The molecule has 7 nitrogen and oxygen atoms in total. The molecular formula is C17H25N3O4. The van der Waals surface area contributed by atoms with Gasteiger partial charge in [-0.1, -0.05) is 44.2 Å². The zero-order chi connectivity index (χ0) is 18.1. The fourth-order valence-corrected chi connectivity index (χ4v) is 2.21. The number of carbonyl (C=O) groups excluding carboxylic acids is 2. The highest BCUT2D eigenvalue weighted by molar-refractivity contribution is 5.89. The minimum atomic E-state index is -1.13. The van der Waals surface area contributed by atoms with E-state index in [9.17, 15) is 19.5 Å². The van der Waals surface area contributed by atoms with E-state index in [1.54, 1.807) is 24.3 Å². The number of benzene rings is 1. The number of nitrogens with one attached hydrogen (secondary N) is 2. The molecule has 2 atom stereocenters. The SMILES string of the molecule is CC(C)C[C@H](N)C(=O)NCC(=O)N[C@@H](Cc1ccccc1)C(=O)O. The van der Waals surface area contributed by atoms with Crippen LogP contribution in [0.5, 0.6) is 0 Å². The maximum Gasteiger partial charge on any atom is 0.326 e. The summed E-state index contributed by atoms with van der Waals surface area (Å²) in [5, 5.41) is 14.1. The van der Waals surface area contributed by atoms with Gasteiger partial charge in [-0.05, 0) is 17.9 Å². The molecule has 7 heteroatoms. The van der Waals surface area contributed by atoms with Crippen molar-refractivity contribution < 1.29 is 19.5 Å². The highest BCUT2D eigenvalue weighted by Crippen LogP contribution is 2.04. The lowest BCUT2D eigenvalue weighted by molar-refractivity contribution is -0.141. The Morgan fingerprint density at radius 2 is 1.79 bits per heavy atom. The van der Waals surface area contributed by atoms with Crippen molar-refractivity contribution in [2.45, 2.75) is 38.8 Å². The van der Waals surface area contributed by atoms with Gasteiger partial charge in [0.05, 0.1) is 12.6 Å². The van der Waals surface area contributed by atoms with Gasteiger partial charge >= 0.3 is 5.97 Å². The molecule has 0 aliphatic carbocycles. The van der Waals surface area contributed by atoms with Crippen LogP contribution in [0.2, 0.25) is 0 Å². The third kappa shape index (κ3) is 7.23. The van der Waals surface area contributed by atoms with Gasteiger partial charge in [0.15, 0.2) is 0 Å². The van der Waals surface area contributed by atoms with Gasteiger partial charge in [0.2, 0.25) is 11.8 Å². The maximum absolute atomic E-state index is 11.9. The monoisotopic (exact) mass is 335 g/mol. The summed E-state index contributed by atoms with van der Waals surface area (Å²) < 4.78 is 0. The van der Waals surface area contributed by atoms with Crippen LogP contribution < -0.4 is 16.4 Å². The zero-order valence-corrected chi connectivity index (χ0v) is 14.0. The highest BCUT2D eigenvalue weighted by Gasteiger charge is 2.21. The summed E-state index contributed by atoms with van der Waals surface area (Å²) in [5.74, 6) is -1.85. The number of hydrogen-bond donors (Lipinski definition) is 4. The summed E-state index contributed by atoms with van der Waals surface area (Å²) in [6, 6.07) is 7.26. The third-order valence-electron chi connectivity index (χ3n) is 3.40. The van der Waals surface area contributed by atoms with Crippen LogP contribution in [-0.2, 0) is 20.8 Å². The van der Waals surface area contributed by atoms with E-state index in [-0.39, 0.29) is 18.9 Å². The third-order valence-corrected chi connectivity index (χ3v) is 3.40. The summed E-state index contributed by atoms with van der Waals surface area (Å²) in [6.07, 6.45) is 0.682. The number of rotatable bonds is 9. The predicted octanol–water partition coefficient (Wildman–Crippen LogP) is 0.288. The first-order valence-corrected chi connectivity index (χ1v) is 7.89. The van der Waals surface area contributed by atoms with E-state index in [0.29, 0.717) is 6.42 Å². The first kappa shape index (κ1) is 19.6. The normalized spacial score (nSPS) is 13.2. The van der Waals surface area contributed by atoms with Crippen molar-refractivity contribution in [3.63, 3.8) is 0 Å². The topological polar surface area (TPSA) is 122 Å². The molecular weight excluding hydrogens is 310 g/mol. The van der Waals surface area contributed by atoms with E-state index < -0.39 is 29.9 Å². The van der Waals surface area contributed by atoms with E-state index in [1.165, 1.54) is 0 Å². The quantitative estimate of drug-likeness (QED) is 0.517. The molecule has 24 heavy (non-hydrogen) atoms. The fraction of sp³-hybridized carbons (Fsp3) is 0.471. The number of hydrogen-bond acceptors (Lipinski definition) is 4. The molecule has 1 aromatic carbocycles. The molecule has 5 N–H and O–H groups in total. The predicted molar refractivity (Wildman–Crippen MR) is 90.2 cm³/mol. The Bertz CT molecular complexity index is 560. The molecule has 1 aromatic rings. The minimum absolute atomic E-state index is 0.169. The van der Waals surface area contributed by atoms with Gasteiger partial charge in [0.25, 0.3) is 0 Å². The van der Waals surface area contributed by atoms with Crippen LogP contribution in [0, 0.1) is 5.92 Å². The molecule has 0 fully saturated rings. The molecule has 0 radical (unpaired) electrons. The smallest absolute Gasteiger partial charge is 0.326 e. The van der Waals surface area contributed by atoms with E-state index in [2.05, 4.69) is 10.6 Å². The van der Waals surface area contributed by atoms with Crippen LogP contribution in [0.25, 0.3) is 0 Å². The van der Waals surface area contributed by atoms with Gasteiger partial charge in [-0.25, -0.2) is 4.79 Å². The van der Waals surface area contributed by atoms with Crippen molar-refractivity contribution >= 4 is 17.8 Å². The Morgan fingerprint density at radius 1 is 1.17 bits per heavy atom. The lowest BCUT2D eigenvalue weighted by Gasteiger charge is -2.16. The van der Waals surface area contributed by atoms with Crippen molar-refractivity contribution in [3.8, 4) is 0 Å². The Morgan fingerprint density at radius 3 is 2.33 bits per heavy atom. The molecule has 0 aliphatic rings. The van der Waals surface area contributed by atoms with Crippen LogP contribution in [0.4, 0.5) is 0 Å². The summed E-state index contributed by atoms with van der Waals surface area (Å²) in [6.45, 7) is 3.59. The molecule has 132 valence electrons. The molecule has 0 bridgehead atoms. The molecule has 0 spiro atoms. The van der Waals surface area contributed by atoms with Crippen molar-refractivity contribution in [2.75, 3.05) is 6.54 Å². The van der Waals surface area contributed by atoms with E-state index in [0.717, 1.165) is 5.56 Å². The largest absolute Gasteiger partial charge is 0.480 e. The first-order chi connectivity index (χ1) is 11.3. The van der Waals surface area contributed by atoms with Crippen molar-refractivity contribution in [2.24, 2.45) is 11.7 Å². The van der Waals surface area contributed by atoms with E-state index >= 15 is 0 Å². The number of nitrogens with two attached hydrogens (primary N) is 1. The van der Waals surface area contributed by atoms with Crippen molar-refractivity contribution in [1.82, 2.24) is 10.6 Å². The van der Waals surface area contributed by atoms with E-state index in [4.69, 9.17) is 5.73 Å². The van der Waals surface area contributed by atoms with Crippen LogP contribution in [0.3, 0.4) is 0 Å². The number of carbonyl (C=O) groups is 3. The first-order valence-electron chi connectivity index (χ1n) is 7.89. The van der Waals surface area contributed by atoms with Crippen LogP contribution >= 0.6 is 0 Å². The summed E-state index contributed by atoms with van der Waals surface area (Å²) in [7, 11) is 0. The van der Waals surface area contributed by atoms with Gasteiger partial charge in [0.1, 0.15) is 6.04 Å². The maximum atomic E-state index is 11.9. The minimum Gasteiger partial charge on any atom is -0.480 e. The Hall–Kier alpha value is -2.41. The Labute approximate surface area is 141 Å². The number of carboxylic acids is 1. The van der Waals surface area contributed by atoms with Gasteiger partial charge in [-0.15, -0.1) is 0 Å². The summed E-state index contributed by atoms with van der Waals surface area (Å²) in [5.41, 5.74) is 6.52. The van der Waals surface area contributed by atoms with Crippen LogP contribution in [0.1, 0.15) is 25.8 Å². The van der Waals surface area contributed by atoms with E-state index in [1.807, 2.05) is 19.9 Å². The van der Waals surface area contributed by atoms with Crippen molar-refractivity contribution in [1.29, 1.82) is 0 Å². The second-order valence-corrected chi connectivity index (χ2v) is 6.10. The molecule has 0 saturated heterocycles. The number of carboxylic acid groups (broad SMARTS) is 1. The molecule has 2 amide bonds. The Kier molecular flexibility index (Phi) is 7.91. The molecule has 1 rings (SSSR count). The molecule has 0 unspecified atom stereocenters. The molecule has 0 aromatic heterocycles. The van der Waals surface area contributed by atoms with Crippen LogP contribution in [0.15, 0.2) is 30.3 Å². The highest BCUT2D eigenvalue weighted by atomic mass is 16.4. The van der Waals surface area contributed by atoms with Gasteiger partial charge < -0.3 is 21.5 Å². The summed E-state index contributed by atoms with van der Waals surface area (Å²) in [4.78, 5) is 34.9. The average Bonchev–Trinajstić information content (AvgIpc) is 2.52. The lowest BCUT2D eigenvalue weighted by atomic mass is 10.0. The Balaban J connectivity index is 2.48. The van der Waals surface area contributed by atoms with Gasteiger partial charge in [-0.3, -0.25) is 9.59 Å². The molecule has 0 heterocycles. The molecule has 0 aliphatic heterocycles. The standard InChI is InChI=1S/C17H25N3O4/c1-11(2)8-13(18)16(22)19-10-15(21)20-14(17(23)24)9-12-6-4-3-5-7-12/h3-7,11,13-14H,8-10,18H2,1-2H3,(H,19,22)(H,20,21)(H,23,24)/t13-,14-/m0/s1. The van der Waals surface area contributed by atoms with Crippen molar-refractivity contribution in [3.05, 3.63) is 35.9 Å². The average molecular weight is 335 g/mol. The zero-order valence-electron chi connectivity index (χ0n) is 14.0. The molecule has 0 saturated carbocycles. The second-order valence-electron chi connectivity index (χ2n) is 6.10. The van der Waals surface area contributed by atoms with Crippen LogP contribution in [-0.4, -0.2) is 41.5 Å². The van der Waals surface area contributed by atoms with Gasteiger partial charge in [0, 0.05) is 6.42 Å². The lowest BCUT2D eigenvalue weighted by Crippen LogP contribution is -2.49. The summed E-state index contributed by atoms with van der Waals surface area (Å²) >= 11 is 0. The fourth-order valence-electron chi connectivity index (χ4n) is 2.21. The second kappa shape index (κ2) is 9.67.